The van der Waals surface area contributed by atoms with Crippen LogP contribution in [0.5, 0.6) is 5.75 Å². The number of aromatic nitrogens is 4. The number of hydrogen-bond acceptors (Lipinski definition) is 9. The molecule has 12 heteroatoms. The topological polar surface area (TPSA) is 129 Å². The lowest BCUT2D eigenvalue weighted by molar-refractivity contribution is -0.142. The molecule has 2 aliphatic rings. The average molecular weight is 513 g/mol. The molecule has 0 aliphatic heterocycles. The Labute approximate surface area is 208 Å². The number of fused-ring (bicyclic) bond motifs is 1. The third kappa shape index (κ3) is 5.59. The number of anilines is 1. The van der Waals surface area contributed by atoms with Crippen molar-refractivity contribution in [3.63, 3.8) is 0 Å². The van der Waals surface area contributed by atoms with Crippen LogP contribution in [-0.4, -0.2) is 51.3 Å². The van der Waals surface area contributed by atoms with Gasteiger partial charge in [0.05, 0.1) is 26.1 Å². The highest BCUT2D eigenvalue weighted by Crippen LogP contribution is 2.46. The molecule has 0 amide bonds. The second-order valence-corrected chi connectivity index (χ2v) is 10.7. The third-order valence-electron chi connectivity index (χ3n) is 6.12. The van der Waals surface area contributed by atoms with Crippen molar-refractivity contribution in [2.45, 2.75) is 44.3 Å². The molecule has 5 rings (SSSR count). The van der Waals surface area contributed by atoms with Gasteiger partial charge in [-0.2, -0.15) is 5.09 Å². The van der Waals surface area contributed by atoms with E-state index in [2.05, 4.69) is 31.4 Å². The number of para-hydroxylation sites is 1. The van der Waals surface area contributed by atoms with E-state index in [0.717, 1.165) is 29.8 Å². The van der Waals surface area contributed by atoms with Crippen molar-refractivity contribution in [1.29, 1.82) is 0 Å². The number of ether oxygens (including phenoxy) is 1. The van der Waals surface area contributed by atoms with Gasteiger partial charge < -0.3 is 19.1 Å². The van der Waals surface area contributed by atoms with E-state index in [1.165, 1.54) is 7.11 Å². The lowest BCUT2D eigenvalue weighted by Gasteiger charge is -2.23. The van der Waals surface area contributed by atoms with Crippen LogP contribution >= 0.6 is 7.75 Å². The van der Waals surface area contributed by atoms with E-state index in [9.17, 15) is 9.36 Å². The first kappa shape index (κ1) is 24.4. The lowest BCUT2D eigenvalue weighted by atomic mass is 10.1. The largest absolute Gasteiger partial charge is 0.468 e. The van der Waals surface area contributed by atoms with E-state index in [4.69, 9.17) is 13.8 Å². The normalized spacial score (nSPS) is 21.7. The molecule has 2 aromatic heterocycles. The average Bonchev–Trinajstić information content (AvgIpc) is 3.38. The van der Waals surface area contributed by atoms with Crippen molar-refractivity contribution in [2.75, 3.05) is 19.0 Å². The van der Waals surface area contributed by atoms with Gasteiger partial charge in [-0.3, -0.25) is 9.32 Å². The molecule has 0 spiro atoms. The van der Waals surface area contributed by atoms with Crippen LogP contribution in [0.2, 0.25) is 0 Å². The van der Waals surface area contributed by atoms with Gasteiger partial charge in [0.15, 0.2) is 11.5 Å². The minimum absolute atomic E-state index is 0.0173. The van der Waals surface area contributed by atoms with Crippen LogP contribution in [0.1, 0.15) is 32.2 Å². The van der Waals surface area contributed by atoms with Gasteiger partial charge in [0, 0.05) is 12.0 Å². The number of nitrogens with one attached hydrogen (secondary N) is 2. The highest BCUT2D eigenvalue weighted by molar-refractivity contribution is 7.52. The second-order valence-electron chi connectivity index (χ2n) is 8.98. The number of allylic oxidation sites excluding steroid dienone is 1. The summed E-state index contributed by atoms with van der Waals surface area (Å²) in [6.07, 6.45) is 10.4. The Hall–Kier alpha value is -3.27. The summed E-state index contributed by atoms with van der Waals surface area (Å²) in [4.78, 5) is 25.3. The molecule has 0 radical (unpaired) electrons. The van der Waals surface area contributed by atoms with E-state index >= 15 is 0 Å². The van der Waals surface area contributed by atoms with E-state index < -0.39 is 19.8 Å². The Bertz CT molecular complexity index is 1290. The van der Waals surface area contributed by atoms with Crippen molar-refractivity contribution >= 4 is 30.7 Å². The lowest BCUT2D eigenvalue weighted by Crippen LogP contribution is -2.34. The summed E-state index contributed by atoms with van der Waals surface area (Å²) in [6.45, 7) is 1.67. The molecule has 190 valence electrons. The van der Waals surface area contributed by atoms with Gasteiger partial charge in [-0.05, 0) is 38.3 Å². The van der Waals surface area contributed by atoms with Crippen molar-refractivity contribution < 1.29 is 23.1 Å². The fourth-order valence-corrected chi connectivity index (χ4v) is 5.62. The summed E-state index contributed by atoms with van der Waals surface area (Å²) in [5.74, 6) is 0.528. The van der Waals surface area contributed by atoms with Gasteiger partial charge in [-0.25, -0.2) is 19.5 Å². The minimum atomic E-state index is -3.88. The summed E-state index contributed by atoms with van der Waals surface area (Å²) in [5, 5.41) is 6.09. The molecule has 1 fully saturated rings. The fourth-order valence-electron chi connectivity index (χ4n) is 4.07. The van der Waals surface area contributed by atoms with Crippen LogP contribution in [0.3, 0.4) is 0 Å². The molecular formula is C24H29N6O5P. The SMILES string of the molecule is COC(=O)C(C)NP(=O)(OC[C@@H]1C=C[C@H](n2cnc3c(NC4CC4)ncnc32)C1)Oc1ccccc1. The number of carbonyl (C=O) groups is 1. The maximum Gasteiger partial charge on any atom is 0.459 e. The Morgan fingerprint density at radius 2 is 2.00 bits per heavy atom. The molecule has 2 aliphatic carbocycles. The molecule has 1 aromatic carbocycles. The van der Waals surface area contributed by atoms with Gasteiger partial charge in [0.25, 0.3) is 0 Å². The molecule has 0 saturated heterocycles. The van der Waals surface area contributed by atoms with Crippen LogP contribution in [0, 0.1) is 5.92 Å². The van der Waals surface area contributed by atoms with Gasteiger partial charge in [0.1, 0.15) is 23.6 Å². The Morgan fingerprint density at radius 3 is 2.75 bits per heavy atom. The number of methoxy groups -OCH3 is 1. The first-order chi connectivity index (χ1) is 17.4. The van der Waals surface area contributed by atoms with E-state index in [-0.39, 0.29) is 18.6 Å². The number of rotatable bonds is 11. The Balaban J connectivity index is 1.25. The van der Waals surface area contributed by atoms with Gasteiger partial charge in [0.2, 0.25) is 0 Å². The molecule has 36 heavy (non-hydrogen) atoms. The fraction of sp³-hybridized carbons (Fsp3) is 0.417. The summed E-state index contributed by atoms with van der Waals surface area (Å²) in [7, 11) is -2.62. The zero-order chi connectivity index (χ0) is 25.1. The standard InChI is InChI=1S/C24H29N6O5P/c1-16(24(31)33-2)29-36(32,35-20-6-4-3-5-7-20)34-13-17-8-11-19(12-17)30-15-27-21-22(28-18-9-10-18)25-14-26-23(21)30/h3-8,11,14-19H,9-10,12-13H2,1-2H3,(H,29,32)(H,25,26,28)/t16?,17-,19+,36?/m1/s1. The summed E-state index contributed by atoms with van der Waals surface area (Å²) < 4.78 is 31.8. The maximum atomic E-state index is 13.6. The first-order valence-electron chi connectivity index (χ1n) is 11.9. The highest BCUT2D eigenvalue weighted by atomic mass is 31.2. The van der Waals surface area contributed by atoms with Gasteiger partial charge in [-0.15, -0.1) is 0 Å². The predicted molar refractivity (Wildman–Crippen MR) is 133 cm³/mol. The Morgan fingerprint density at radius 1 is 1.19 bits per heavy atom. The van der Waals surface area contributed by atoms with Crippen LogP contribution < -0.4 is 14.9 Å². The van der Waals surface area contributed by atoms with Crippen LogP contribution in [0.15, 0.2) is 55.1 Å². The van der Waals surface area contributed by atoms with Crippen LogP contribution in [-0.2, 0) is 18.6 Å². The first-order valence-corrected chi connectivity index (χ1v) is 13.5. The van der Waals surface area contributed by atoms with Crippen LogP contribution in [0.4, 0.5) is 5.82 Å². The van der Waals surface area contributed by atoms with E-state index in [1.54, 1.807) is 43.8 Å². The van der Waals surface area contributed by atoms with E-state index in [1.807, 2.05) is 16.7 Å². The number of carbonyl (C=O) groups excluding carboxylic acids is 1. The van der Waals surface area contributed by atoms with Gasteiger partial charge in [-0.1, -0.05) is 30.4 Å². The minimum Gasteiger partial charge on any atom is -0.468 e. The smallest absolute Gasteiger partial charge is 0.459 e. The van der Waals surface area contributed by atoms with Crippen LogP contribution in [0.25, 0.3) is 11.2 Å². The maximum absolute atomic E-state index is 13.6. The van der Waals surface area contributed by atoms with Crippen molar-refractivity contribution in [3.05, 3.63) is 55.1 Å². The molecule has 2 heterocycles. The molecule has 11 nitrogen and oxygen atoms in total. The number of esters is 1. The molecule has 0 bridgehead atoms. The second kappa shape index (κ2) is 10.4. The summed E-state index contributed by atoms with van der Waals surface area (Å²) in [5.41, 5.74) is 1.51. The molecule has 3 aromatic rings. The summed E-state index contributed by atoms with van der Waals surface area (Å²) >= 11 is 0. The van der Waals surface area contributed by atoms with Gasteiger partial charge >= 0.3 is 13.7 Å². The number of hydrogen-bond donors (Lipinski definition) is 2. The van der Waals surface area contributed by atoms with E-state index in [0.29, 0.717) is 18.2 Å². The molecule has 1 saturated carbocycles. The van der Waals surface area contributed by atoms with Crippen molar-refractivity contribution in [3.8, 4) is 5.75 Å². The molecule has 2 N–H and O–H groups in total. The number of nitrogens with zero attached hydrogens (tertiary/aromatic N) is 4. The third-order valence-corrected chi connectivity index (χ3v) is 7.76. The zero-order valence-electron chi connectivity index (χ0n) is 20.1. The molecule has 2 unspecified atom stereocenters. The summed E-state index contributed by atoms with van der Waals surface area (Å²) in [6, 6.07) is 8.29. The molecule has 4 atom stereocenters. The zero-order valence-corrected chi connectivity index (χ0v) is 21.0. The number of imidazole rings is 1. The molecular weight excluding hydrogens is 483 g/mol. The quantitative estimate of drug-likeness (QED) is 0.222. The Kier molecular flexibility index (Phi) is 7.04. The monoisotopic (exact) mass is 512 g/mol. The number of benzene rings is 1. The van der Waals surface area contributed by atoms with Crippen molar-refractivity contribution in [1.82, 2.24) is 24.6 Å². The van der Waals surface area contributed by atoms with Crippen molar-refractivity contribution in [2.24, 2.45) is 5.92 Å². The predicted octanol–water partition coefficient (Wildman–Crippen LogP) is 3.87. The highest BCUT2D eigenvalue weighted by Gasteiger charge is 2.34.